The van der Waals surface area contributed by atoms with Crippen LogP contribution in [0.5, 0.6) is 0 Å². The van der Waals surface area contributed by atoms with E-state index in [2.05, 4.69) is 19.7 Å². The Labute approximate surface area is 144 Å². The lowest BCUT2D eigenvalue weighted by molar-refractivity contribution is -0.133. The van der Waals surface area contributed by atoms with E-state index in [0.717, 1.165) is 50.4 Å². The van der Waals surface area contributed by atoms with E-state index in [9.17, 15) is 4.79 Å². The first-order valence-corrected chi connectivity index (χ1v) is 10.0. The molecular formula is C19H30N4O. The Morgan fingerprint density at radius 3 is 2.62 bits per heavy atom. The third kappa shape index (κ3) is 3.22. The number of fused-ring (bicyclic) bond motifs is 1. The highest BCUT2D eigenvalue weighted by Crippen LogP contribution is 2.34. The maximum Gasteiger partial charge on any atom is 0.223 e. The Hall–Kier alpha value is -1.39. The van der Waals surface area contributed by atoms with Crippen molar-refractivity contribution in [2.75, 3.05) is 6.54 Å². The second-order valence-corrected chi connectivity index (χ2v) is 7.89. The minimum absolute atomic E-state index is 0.167. The number of carbonyl (C=O) groups is 1. The van der Waals surface area contributed by atoms with E-state index in [1.165, 1.54) is 51.4 Å². The van der Waals surface area contributed by atoms with Gasteiger partial charge in [0.25, 0.3) is 0 Å². The summed E-state index contributed by atoms with van der Waals surface area (Å²) in [4.78, 5) is 15.0. The quantitative estimate of drug-likeness (QED) is 0.850. The van der Waals surface area contributed by atoms with E-state index in [1.807, 2.05) is 0 Å². The number of aryl methyl sites for hydroxylation is 1. The van der Waals surface area contributed by atoms with Crippen molar-refractivity contribution in [2.45, 2.75) is 89.6 Å². The van der Waals surface area contributed by atoms with Crippen LogP contribution in [-0.2, 0) is 17.8 Å². The van der Waals surface area contributed by atoms with Crippen molar-refractivity contribution in [1.29, 1.82) is 0 Å². The summed E-state index contributed by atoms with van der Waals surface area (Å²) in [5.41, 5.74) is 0. The van der Waals surface area contributed by atoms with Gasteiger partial charge < -0.3 is 9.47 Å². The molecule has 24 heavy (non-hydrogen) atoms. The number of likely N-dealkylation sites (tertiary alicyclic amines) is 1. The summed E-state index contributed by atoms with van der Waals surface area (Å²) in [7, 11) is 0. The molecule has 2 fully saturated rings. The summed E-state index contributed by atoms with van der Waals surface area (Å²) in [5, 5.41) is 8.97. The highest BCUT2D eigenvalue weighted by Gasteiger charge is 2.35. The van der Waals surface area contributed by atoms with Gasteiger partial charge in [-0.2, -0.15) is 0 Å². The summed E-state index contributed by atoms with van der Waals surface area (Å²) < 4.78 is 2.32. The van der Waals surface area contributed by atoms with Gasteiger partial charge in [-0.15, -0.1) is 10.2 Å². The zero-order chi connectivity index (χ0) is 16.4. The minimum Gasteiger partial charge on any atom is -0.332 e. The van der Waals surface area contributed by atoms with Gasteiger partial charge in [-0.3, -0.25) is 4.79 Å². The molecule has 1 atom stereocenters. The second kappa shape index (κ2) is 7.24. The Kier molecular flexibility index (Phi) is 4.86. The molecule has 1 aromatic heterocycles. The SMILES string of the molecule is O=C(CC1CCCCC1)N1CCC[C@H]1c1nnc2n1CCCCC2. The molecule has 0 unspecified atom stereocenters. The average molecular weight is 330 g/mol. The van der Waals surface area contributed by atoms with E-state index < -0.39 is 0 Å². The Balaban J connectivity index is 1.48. The summed E-state index contributed by atoms with van der Waals surface area (Å²) >= 11 is 0. The van der Waals surface area contributed by atoms with Crippen molar-refractivity contribution in [3.63, 3.8) is 0 Å². The van der Waals surface area contributed by atoms with Crippen LogP contribution in [0.3, 0.4) is 0 Å². The molecule has 2 aliphatic heterocycles. The summed E-state index contributed by atoms with van der Waals surface area (Å²) in [6.07, 6.45) is 14.1. The molecule has 1 aliphatic carbocycles. The molecule has 1 amide bonds. The molecular weight excluding hydrogens is 300 g/mol. The first-order chi connectivity index (χ1) is 11.8. The zero-order valence-corrected chi connectivity index (χ0v) is 14.8. The molecule has 5 nitrogen and oxygen atoms in total. The fourth-order valence-corrected chi connectivity index (χ4v) is 4.84. The fraction of sp³-hybridized carbons (Fsp3) is 0.842. The molecule has 1 saturated heterocycles. The third-order valence-corrected chi connectivity index (χ3v) is 6.20. The van der Waals surface area contributed by atoms with E-state index in [0.29, 0.717) is 11.8 Å². The molecule has 0 N–H and O–H groups in total. The molecule has 0 spiro atoms. The molecule has 0 bridgehead atoms. The number of rotatable bonds is 3. The van der Waals surface area contributed by atoms with E-state index in [1.54, 1.807) is 0 Å². The maximum atomic E-state index is 12.9. The first kappa shape index (κ1) is 16.1. The van der Waals surface area contributed by atoms with Crippen molar-refractivity contribution >= 4 is 5.91 Å². The van der Waals surface area contributed by atoms with Gasteiger partial charge in [0.15, 0.2) is 5.82 Å². The molecule has 0 aromatic carbocycles. The van der Waals surface area contributed by atoms with Crippen LogP contribution >= 0.6 is 0 Å². The number of nitrogens with zero attached hydrogens (tertiary/aromatic N) is 4. The lowest BCUT2D eigenvalue weighted by Gasteiger charge is -2.28. The fourth-order valence-electron chi connectivity index (χ4n) is 4.84. The molecule has 3 aliphatic rings. The van der Waals surface area contributed by atoms with Crippen molar-refractivity contribution in [1.82, 2.24) is 19.7 Å². The number of hydrogen-bond donors (Lipinski definition) is 0. The Morgan fingerprint density at radius 2 is 1.75 bits per heavy atom. The summed E-state index contributed by atoms with van der Waals surface area (Å²) in [6.45, 7) is 1.93. The van der Waals surface area contributed by atoms with Crippen molar-refractivity contribution in [3.05, 3.63) is 11.6 Å². The minimum atomic E-state index is 0.167. The van der Waals surface area contributed by atoms with Crippen LogP contribution in [0.25, 0.3) is 0 Å². The Morgan fingerprint density at radius 1 is 0.917 bits per heavy atom. The van der Waals surface area contributed by atoms with E-state index in [4.69, 9.17) is 0 Å². The highest BCUT2D eigenvalue weighted by atomic mass is 16.2. The Bertz CT molecular complexity index is 576. The van der Waals surface area contributed by atoms with E-state index >= 15 is 0 Å². The van der Waals surface area contributed by atoms with Gasteiger partial charge in [-0.25, -0.2) is 0 Å². The van der Waals surface area contributed by atoms with Gasteiger partial charge in [0.1, 0.15) is 5.82 Å². The normalized spacial score (nSPS) is 25.5. The lowest BCUT2D eigenvalue weighted by Crippen LogP contribution is -2.33. The predicted octanol–water partition coefficient (Wildman–Crippen LogP) is 3.64. The van der Waals surface area contributed by atoms with Gasteiger partial charge in [-0.1, -0.05) is 25.7 Å². The standard InChI is InChI=1S/C19H30N4O/c24-18(14-15-8-3-1-4-9-15)22-13-7-10-16(22)19-21-20-17-11-5-2-6-12-23(17)19/h15-16H,1-14H2/t16-/m0/s1. The van der Waals surface area contributed by atoms with Crippen LogP contribution in [-0.4, -0.2) is 32.1 Å². The average Bonchev–Trinajstić information content (AvgIpc) is 3.17. The molecule has 132 valence electrons. The maximum absolute atomic E-state index is 12.9. The molecule has 4 rings (SSSR count). The number of carbonyl (C=O) groups excluding carboxylic acids is 1. The highest BCUT2D eigenvalue weighted by molar-refractivity contribution is 5.77. The lowest BCUT2D eigenvalue weighted by atomic mass is 9.86. The van der Waals surface area contributed by atoms with Crippen LogP contribution in [0.2, 0.25) is 0 Å². The number of amides is 1. The largest absolute Gasteiger partial charge is 0.332 e. The van der Waals surface area contributed by atoms with Crippen LogP contribution < -0.4 is 0 Å². The summed E-state index contributed by atoms with van der Waals surface area (Å²) in [5.74, 6) is 3.16. The van der Waals surface area contributed by atoms with Crippen molar-refractivity contribution in [2.24, 2.45) is 5.92 Å². The smallest absolute Gasteiger partial charge is 0.223 e. The van der Waals surface area contributed by atoms with Crippen molar-refractivity contribution < 1.29 is 4.79 Å². The van der Waals surface area contributed by atoms with Gasteiger partial charge in [-0.05, 0) is 44.4 Å². The van der Waals surface area contributed by atoms with Gasteiger partial charge in [0.2, 0.25) is 5.91 Å². The number of aromatic nitrogens is 3. The summed E-state index contributed by atoms with van der Waals surface area (Å²) in [6, 6.07) is 0.167. The van der Waals surface area contributed by atoms with Crippen LogP contribution in [0.15, 0.2) is 0 Å². The van der Waals surface area contributed by atoms with Gasteiger partial charge >= 0.3 is 0 Å². The molecule has 1 saturated carbocycles. The first-order valence-electron chi connectivity index (χ1n) is 10.0. The van der Waals surface area contributed by atoms with Crippen molar-refractivity contribution in [3.8, 4) is 0 Å². The molecule has 3 heterocycles. The molecule has 0 radical (unpaired) electrons. The van der Waals surface area contributed by atoms with Crippen LogP contribution in [0.4, 0.5) is 0 Å². The van der Waals surface area contributed by atoms with Crippen LogP contribution in [0.1, 0.15) is 88.3 Å². The van der Waals surface area contributed by atoms with Gasteiger partial charge in [0, 0.05) is 25.9 Å². The predicted molar refractivity (Wildman–Crippen MR) is 92.5 cm³/mol. The van der Waals surface area contributed by atoms with Crippen LogP contribution in [0, 0.1) is 5.92 Å². The topological polar surface area (TPSA) is 51.0 Å². The molecule has 5 heteroatoms. The zero-order valence-electron chi connectivity index (χ0n) is 14.8. The van der Waals surface area contributed by atoms with Gasteiger partial charge in [0.05, 0.1) is 6.04 Å². The second-order valence-electron chi connectivity index (χ2n) is 7.89. The monoisotopic (exact) mass is 330 g/mol. The molecule has 1 aromatic rings. The third-order valence-electron chi connectivity index (χ3n) is 6.20. The van der Waals surface area contributed by atoms with E-state index in [-0.39, 0.29) is 6.04 Å². The number of hydrogen-bond acceptors (Lipinski definition) is 3.